The zero-order valence-corrected chi connectivity index (χ0v) is 18.6. The van der Waals surface area contributed by atoms with E-state index in [9.17, 15) is 9.59 Å². The van der Waals surface area contributed by atoms with Gasteiger partial charge in [-0.2, -0.15) is 0 Å². The summed E-state index contributed by atoms with van der Waals surface area (Å²) in [4.78, 5) is 24.5. The van der Waals surface area contributed by atoms with E-state index in [0.29, 0.717) is 17.1 Å². The van der Waals surface area contributed by atoms with Crippen molar-refractivity contribution < 1.29 is 19.4 Å². The number of carbonyl (C=O) groups is 2. The number of nitrogens with one attached hydrogen (secondary N) is 2. The average Bonchev–Trinajstić information content (AvgIpc) is 3.10. The molecule has 1 aromatic heterocycles. The van der Waals surface area contributed by atoms with Crippen LogP contribution in [0.5, 0.6) is 5.75 Å². The minimum atomic E-state index is -0.984. The van der Waals surface area contributed by atoms with E-state index in [0.717, 1.165) is 22.2 Å². The van der Waals surface area contributed by atoms with Crippen LogP contribution in [-0.2, 0) is 7.05 Å². The molecule has 0 spiro atoms. The van der Waals surface area contributed by atoms with Gasteiger partial charge in [-0.15, -0.1) is 0 Å². The average molecular weight is 444 g/mol. The second kappa shape index (κ2) is 9.08. The van der Waals surface area contributed by atoms with E-state index in [4.69, 9.17) is 9.84 Å². The Morgan fingerprint density at radius 3 is 2.42 bits per heavy atom. The molecule has 0 fully saturated rings. The molecule has 7 nitrogen and oxygen atoms in total. The van der Waals surface area contributed by atoms with Gasteiger partial charge >= 0.3 is 5.97 Å². The minimum Gasteiger partial charge on any atom is -0.497 e. The summed E-state index contributed by atoms with van der Waals surface area (Å²) in [5.41, 5.74) is 3.94. The first-order valence-corrected chi connectivity index (χ1v) is 10.5. The molecule has 1 heterocycles. The van der Waals surface area contributed by atoms with Crippen molar-refractivity contribution in [3.05, 3.63) is 89.6 Å². The van der Waals surface area contributed by atoms with Gasteiger partial charge in [-0.05, 0) is 42.8 Å². The number of para-hydroxylation sites is 1. The first-order chi connectivity index (χ1) is 15.9. The summed E-state index contributed by atoms with van der Waals surface area (Å²) in [5, 5.41) is 16.5. The first kappa shape index (κ1) is 22.0. The number of aromatic nitrogens is 1. The standard InChI is InChI=1S/C26H25N3O4/c1-16(17-11-13-18(14-12-17)26(31)32)27-25(30)24-23(21-9-4-5-10-22(21)29(24)2)28-19-7-6-8-20(15-19)33-3/h4-16,28H,1-3H3,(H,27,30)(H,31,32). The lowest BCUT2D eigenvalue weighted by Crippen LogP contribution is -2.29. The molecule has 3 aromatic carbocycles. The summed E-state index contributed by atoms with van der Waals surface area (Å²) < 4.78 is 7.19. The molecule has 0 aliphatic heterocycles. The third kappa shape index (κ3) is 4.39. The van der Waals surface area contributed by atoms with E-state index in [1.54, 1.807) is 19.2 Å². The van der Waals surface area contributed by atoms with Gasteiger partial charge in [-0.3, -0.25) is 4.79 Å². The van der Waals surface area contributed by atoms with Gasteiger partial charge in [0.2, 0.25) is 0 Å². The number of carboxylic acids is 1. The lowest BCUT2D eigenvalue weighted by Gasteiger charge is -2.17. The van der Waals surface area contributed by atoms with Crippen molar-refractivity contribution in [2.75, 3.05) is 12.4 Å². The molecule has 33 heavy (non-hydrogen) atoms. The maximum absolute atomic E-state index is 13.4. The minimum absolute atomic E-state index is 0.204. The Balaban J connectivity index is 1.68. The number of hydrogen-bond donors (Lipinski definition) is 3. The number of carboxylic acid groups (broad SMARTS) is 1. The Morgan fingerprint density at radius 1 is 1.00 bits per heavy atom. The Hall–Kier alpha value is -4.26. The number of fused-ring (bicyclic) bond motifs is 1. The SMILES string of the molecule is COc1cccc(Nc2c(C(=O)NC(C)c3ccc(C(=O)O)cc3)n(C)c3ccccc23)c1. The predicted molar refractivity (Wildman–Crippen MR) is 128 cm³/mol. The number of ether oxygens (including phenoxy) is 1. The summed E-state index contributed by atoms with van der Waals surface area (Å²) >= 11 is 0. The molecule has 4 rings (SSSR count). The van der Waals surface area contributed by atoms with Crippen molar-refractivity contribution in [3.8, 4) is 5.75 Å². The van der Waals surface area contributed by atoms with Crippen LogP contribution in [0.2, 0.25) is 0 Å². The summed E-state index contributed by atoms with van der Waals surface area (Å²) in [5.74, 6) is -0.513. The summed E-state index contributed by atoms with van der Waals surface area (Å²) in [7, 11) is 3.47. The van der Waals surface area contributed by atoms with E-state index in [-0.39, 0.29) is 17.5 Å². The largest absolute Gasteiger partial charge is 0.497 e. The number of aromatic carboxylic acids is 1. The van der Waals surface area contributed by atoms with Crippen LogP contribution in [-0.4, -0.2) is 28.7 Å². The smallest absolute Gasteiger partial charge is 0.335 e. The Kier molecular flexibility index (Phi) is 6.04. The van der Waals surface area contributed by atoms with Crippen LogP contribution < -0.4 is 15.4 Å². The normalized spacial score (nSPS) is 11.7. The third-order valence-electron chi connectivity index (χ3n) is 5.67. The van der Waals surface area contributed by atoms with Gasteiger partial charge in [0.1, 0.15) is 11.4 Å². The molecule has 1 amide bonds. The van der Waals surface area contributed by atoms with E-state index in [1.165, 1.54) is 12.1 Å². The molecule has 0 aliphatic rings. The molecule has 7 heteroatoms. The van der Waals surface area contributed by atoms with Gasteiger partial charge in [-0.1, -0.05) is 36.4 Å². The van der Waals surface area contributed by atoms with Crippen LogP contribution in [0, 0.1) is 0 Å². The molecule has 1 atom stereocenters. The summed E-state index contributed by atoms with van der Waals surface area (Å²) in [6, 6.07) is 21.5. The molecular weight excluding hydrogens is 418 g/mol. The van der Waals surface area contributed by atoms with Gasteiger partial charge in [0.15, 0.2) is 0 Å². The molecular formula is C26H25N3O4. The lowest BCUT2D eigenvalue weighted by molar-refractivity contribution is 0.0696. The van der Waals surface area contributed by atoms with Gasteiger partial charge in [0.05, 0.1) is 29.9 Å². The van der Waals surface area contributed by atoms with Crippen LogP contribution in [0.3, 0.4) is 0 Å². The highest BCUT2D eigenvalue weighted by Crippen LogP contribution is 2.34. The number of benzene rings is 3. The van der Waals surface area contributed by atoms with Gasteiger partial charge < -0.3 is 25.0 Å². The quantitative estimate of drug-likeness (QED) is 0.369. The zero-order chi connectivity index (χ0) is 23.5. The topological polar surface area (TPSA) is 92.6 Å². The predicted octanol–water partition coefficient (Wildman–Crippen LogP) is 5.12. The highest BCUT2D eigenvalue weighted by atomic mass is 16.5. The van der Waals surface area contributed by atoms with Crippen LogP contribution in [0.1, 0.15) is 39.4 Å². The fourth-order valence-electron chi connectivity index (χ4n) is 3.89. The number of anilines is 2. The monoisotopic (exact) mass is 443 g/mol. The van der Waals surface area contributed by atoms with Crippen molar-refractivity contribution in [1.29, 1.82) is 0 Å². The van der Waals surface area contributed by atoms with Gasteiger partial charge in [0, 0.05) is 24.2 Å². The number of methoxy groups -OCH3 is 1. The zero-order valence-electron chi connectivity index (χ0n) is 18.6. The first-order valence-electron chi connectivity index (χ1n) is 10.5. The van der Waals surface area contributed by atoms with E-state index >= 15 is 0 Å². The molecule has 0 radical (unpaired) electrons. The van der Waals surface area contributed by atoms with Crippen LogP contribution in [0.25, 0.3) is 10.9 Å². The summed E-state index contributed by atoms with van der Waals surface area (Å²) in [6.45, 7) is 1.87. The number of nitrogens with zero attached hydrogens (tertiary/aromatic N) is 1. The van der Waals surface area contributed by atoms with Crippen molar-refractivity contribution in [2.45, 2.75) is 13.0 Å². The number of amides is 1. The Bertz CT molecular complexity index is 1330. The van der Waals surface area contributed by atoms with Gasteiger partial charge in [-0.25, -0.2) is 4.79 Å². The highest BCUT2D eigenvalue weighted by Gasteiger charge is 2.23. The fourth-order valence-corrected chi connectivity index (χ4v) is 3.89. The van der Waals surface area contributed by atoms with Crippen LogP contribution >= 0.6 is 0 Å². The molecule has 0 aliphatic carbocycles. The molecule has 0 saturated heterocycles. The fraction of sp³-hybridized carbons (Fsp3) is 0.154. The molecule has 168 valence electrons. The lowest BCUT2D eigenvalue weighted by atomic mass is 10.1. The maximum atomic E-state index is 13.4. The Labute approximate surface area is 191 Å². The number of carbonyl (C=O) groups excluding carboxylic acids is 1. The third-order valence-corrected chi connectivity index (χ3v) is 5.67. The van der Waals surface area contributed by atoms with Gasteiger partial charge in [0.25, 0.3) is 5.91 Å². The van der Waals surface area contributed by atoms with Crippen molar-refractivity contribution in [2.24, 2.45) is 7.05 Å². The second-order valence-electron chi connectivity index (χ2n) is 7.78. The molecule has 1 unspecified atom stereocenters. The summed E-state index contributed by atoms with van der Waals surface area (Å²) in [6.07, 6.45) is 0. The van der Waals surface area contributed by atoms with Crippen LogP contribution in [0.4, 0.5) is 11.4 Å². The van der Waals surface area contributed by atoms with Crippen LogP contribution in [0.15, 0.2) is 72.8 Å². The van der Waals surface area contributed by atoms with E-state index in [1.807, 2.05) is 67.1 Å². The molecule has 0 bridgehead atoms. The Morgan fingerprint density at radius 2 is 1.73 bits per heavy atom. The molecule has 4 aromatic rings. The maximum Gasteiger partial charge on any atom is 0.335 e. The van der Waals surface area contributed by atoms with Crippen molar-refractivity contribution >= 4 is 34.2 Å². The van der Waals surface area contributed by atoms with Crippen molar-refractivity contribution in [1.82, 2.24) is 9.88 Å². The van der Waals surface area contributed by atoms with E-state index in [2.05, 4.69) is 10.6 Å². The second-order valence-corrected chi connectivity index (χ2v) is 7.78. The molecule has 3 N–H and O–H groups in total. The van der Waals surface area contributed by atoms with Crippen molar-refractivity contribution in [3.63, 3.8) is 0 Å². The number of aryl methyl sites for hydroxylation is 1. The van der Waals surface area contributed by atoms with E-state index < -0.39 is 5.97 Å². The molecule has 0 saturated carbocycles. The highest BCUT2D eigenvalue weighted by molar-refractivity contribution is 6.09. The number of hydrogen-bond acceptors (Lipinski definition) is 4. The number of rotatable bonds is 7.